The quantitative estimate of drug-likeness (QED) is 0.788. The molecule has 1 heterocycles. The van der Waals surface area contributed by atoms with Crippen LogP contribution in [0.3, 0.4) is 0 Å². The first-order chi connectivity index (χ1) is 9.01. The molecule has 1 aromatic carbocycles. The normalized spacial score (nSPS) is 12.9. The number of H-pyrrole nitrogens is 1. The molecular weight excluding hydrogens is 240 g/mol. The molecule has 102 valence electrons. The molecule has 0 bridgehead atoms. The van der Waals surface area contributed by atoms with E-state index in [-0.39, 0.29) is 11.8 Å². The lowest BCUT2D eigenvalue weighted by atomic mass is 9.97. The molecule has 0 spiro atoms. The average Bonchev–Trinajstić information content (AvgIpc) is 2.79. The maximum Gasteiger partial charge on any atom is 0.227 e. The third-order valence-corrected chi connectivity index (χ3v) is 3.41. The second-order valence-electron chi connectivity index (χ2n) is 5.14. The van der Waals surface area contributed by atoms with Crippen LogP contribution in [0.15, 0.2) is 18.2 Å². The third-order valence-electron chi connectivity index (χ3n) is 3.41. The van der Waals surface area contributed by atoms with Crippen molar-refractivity contribution < 1.29 is 4.79 Å². The first-order valence-electron chi connectivity index (χ1n) is 6.51. The van der Waals surface area contributed by atoms with Crippen LogP contribution in [0.4, 0.5) is 5.69 Å². The van der Waals surface area contributed by atoms with E-state index in [0.717, 1.165) is 22.5 Å². The highest BCUT2D eigenvalue weighted by molar-refractivity contribution is 5.94. The molecule has 0 fully saturated rings. The van der Waals surface area contributed by atoms with E-state index in [4.69, 9.17) is 5.73 Å². The van der Waals surface area contributed by atoms with Crippen molar-refractivity contribution in [2.45, 2.75) is 27.3 Å². The van der Waals surface area contributed by atoms with Gasteiger partial charge in [-0.2, -0.15) is 0 Å². The molecule has 0 radical (unpaired) electrons. The molecule has 5 nitrogen and oxygen atoms in total. The molecule has 0 aliphatic heterocycles. The number of aromatic amines is 1. The van der Waals surface area contributed by atoms with E-state index in [2.05, 4.69) is 15.3 Å². The SMILES string of the molecule is CC(C)C(C)C(=O)Nc1ccc2nc(CN)[nH]c2c1. The number of fused-ring (bicyclic) bond motifs is 1. The Hall–Kier alpha value is -1.88. The molecule has 19 heavy (non-hydrogen) atoms. The van der Waals surface area contributed by atoms with Crippen molar-refractivity contribution >= 4 is 22.6 Å². The van der Waals surface area contributed by atoms with Gasteiger partial charge in [-0.25, -0.2) is 4.98 Å². The highest BCUT2D eigenvalue weighted by Crippen LogP contribution is 2.19. The van der Waals surface area contributed by atoms with E-state index in [0.29, 0.717) is 12.5 Å². The van der Waals surface area contributed by atoms with Gasteiger partial charge in [-0.3, -0.25) is 4.79 Å². The zero-order chi connectivity index (χ0) is 14.0. The van der Waals surface area contributed by atoms with Crippen LogP contribution in [-0.4, -0.2) is 15.9 Å². The van der Waals surface area contributed by atoms with E-state index in [9.17, 15) is 4.79 Å². The zero-order valence-corrected chi connectivity index (χ0v) is 11.5. The Morgan fingerprint density at radius 2 is 2.16 bits per heavy atom. The molecule has 4 N–H and O–H groups in total. The van der Waals surface area contributed by atoms with E-state index < -0.39 is 0 Å². The highest BCUT2D eigenvalue weighted by atomic mass is 16.1. The number of carbonyl (C=O) groups excluding carboxylic acids is 1. The summed E-state index contributed by atoms with van der Waals surface area (Å²) < 4.78 is 0. The van der Waals surface area contributed by atoms with Crippen LogP contribution in [0.1, 0.15) is 26.6 Å². The van der Waals surface area contributed by atoms with Crippen LogP contribution in [-0.2, 0) is 11.3 Å². The fourth-order valence-corrected chi connectivity index (χ4v) is 1.80. The summed E-state index contributed by atoms with van der Waals surface area (Å²) in [6.45, 7) is 6.38. The Kier molecular flexibility index (Phi) is 3.85. The molecule has 1 atom stereocenters. The molecule has 2 aromatic rings. The molecule has 0 saturated carbocycles. The summed E-state index contributed by atoms with van der Waals surface area (Å²) >= 11 is 0. The fraction of sp³-hybridized carbons (Fsp3) is 0.429. The van der Waals surface area contributed by atoms with Gasteiger partial charge < -0.3 is 16.0 Å². The lowest BCUT2D eigenvalue weighted by Gasteiger charge is -2.15. The number of nitrogens with two attached hydrogens (primary N) is 1. The van der Waals surface area contributed by atoms with E-state index in [1.165, 1.54) is 0 Å². The monoisotopic (exact) mass is 260 g/mol. The summed E-state index contributed by atoms with van der Waals surface area (Å²) in [5.41, 5.74) is 8.06. The third kappa shape index (κ3) is 2.93. The summed E-state index contributed by atoms with van der Waals surface area (Å²) in [6, 6.07) is 5.61. The molecular formula is C14H20N4O. The molecule has 5 heteroatoms. The maximum atomic E-state index is 12.0. The highest BCUT2D eigenvalue weighted by Gasteiger charge is 2.16. The minimum Gasteiger partial charge on any atom is -0.341 e. The molecule has 0 aliphatic rings. The van der Waals surface area contributed by atoms with Gasteiger partial charge in [0.15, 0.2) is 0 Å². The van der Waals surface area contributed by atoms with Crippen molar-refractivity contribution in [2.75, 3.05) is 5.32 Å². The smallest absolute Gasteiger partial charge is 0.227 e. The van der Waals surface area contributed by atoms with Gasteiger partial charge in [0.2, 0.25) is 5.91 Å². The number of aromatic nitrogens is 2. The van der Waals surface area contributed by atoms with Crippen molar-refractivity contribution in [2.24, 2.45) is 17.6 Å². The number of anilines is 1. The Balaban J connectivity index is 2.19. The van der Waals surface area contributed by atoms with Gasteiger partial charge in [-0.15, -0.1) is 0 Å². The molecule has 1 unspecified atom stereocenters. The van der Waals surface area contributed by atoms with Crippen molar-refractivity contribution in [3.8, 4) is 0 Å². The van der Waals surface area contributed by atoms with E-state index in [1.807, 2.05) is 39.0 Å². The van der Waals surface area contributed by atoms with Crippen molar-refractivity contribution in [1.29, 1.82) is 0 Å². The predicted molar refractivity (Wildman–Crippen MR) is 76.6 cm³/mol. The lowest BCUT2D eigenvalue weighted by molar-refractivity contribution is -0.120. The number of amides is 1. The number of benzene rings is 1. The van der Waals surface area contributed by atoms with Crippen LogP contribution in [0, 0.1) is 11.8 Å². The standard InChI is InChI=1S/C14H20N4O/c1-8(2)9(3)14(19)16-10-4-5-11-12(6-10)18-13(7-15)17-11/h4-6,8-9H,7,15H2,1-3H3,(H,16,19)(H,17,18). The molecule has 0 saturated heterocycles. The summed E-state index contributed by atoms with van der Waals surface area (Å²) in [5.74, 6) is 1.08. The second-order valence-corrected chi connectivity index (χ2v) is 5.14. The summed E-state index contributed by atoms with van der Waals surface area (Å²) in [5, 5.41) is 2.92. The number of rotatable bonds is 4. The van der Waals surface area contributed by atoms with E-state index in [1.54, 1.807) is 0 Å². The van der Waals surface area contributed by atoms with Gasteiger partial charge in [0.1, 0.15) is 5.82 Å². The summed E-state index contributed by atoms with van der Waals surface area (Å²) in [7, 11) is 0. The first-order valence-corrected chi connectivity index (χ1v) is 6.51. The van der Waals surface area contributed by atoms with Crippen LogP contribution in [0.2, 0.25) is 0 Å². The van der Waals surface area contributed by atoms with Gasteiger partial charge in [0.05, 0.1) is 17.6 Å². The predicted octanol–water partition coefficient (Wildman–Crippen LogP) is 2.25. The molecule has 1 amide bonds. The molecule has 2 rings (SSSR count). The Bertz CT molecular complexity index is 588. The number of nitrogens with zero attached hydrogens (tertiary/aromatic N) is 1. The number of imidazole rings is 1. The average molecular weight is 260 g/mol. The van der Waals surface area contributed by atoms with Crippen LogP contribution < -0.4 is 11.1 Å². The lowest BCUT2D eigenvalue weighted by Crippen LogP contribution is -2.24. The van der Waals surface area contributed by atoms with Crippen LogP contribution in [0.5, 0.6) is 0 Å². The fourth-order valence-electron chi connectivity index (χ4n) is 1.80. The largest absolute Gasteiger partial charge is 0.341 e. The molecule has 0 aliphatic carbocycles. The van der Waals surface area contributed by atoms with Crippen molar-refractivity contribution in [3.63, 3.8) is 0 Å². The second kappa shape index (κ2) is 5.40. The Labute approximate surface area is 112 Å². The van der Waals surface area contributed by atoms with Crippen LogP contribution >= 0.6 is 0 Å². The van der Waals surface area contributed by atoms with E-state index >= 15 is 0 Å². The Morgan fingerprint density at radius 1 is 1.42 bits per heavy atom. The van der Waals surface area contributed by atoms with Crippen molar-refractivity contribution in [3.05, 3.63) is 24.0 Å². The minimum atomic E-state index is -0.0166. The number of hydrogen-bond donors (Lipinski definition) is 3. The number of carbonyl (C=O) groups is 1. The minimum absolute atomic E-state index is 0.0166. The van der Waals surface area contributed by atoms with Crippen LogP contribution in [0.25, 0.3) is 11.0 Å². The summed E-state index contributed by atoms with van der Waals surface area (Å²) in [4.78, 5) is 19.4. The van der Waals surface area contributed by atoms with Gasteiger partial charge in [-0.1, -0.05) is 20.8 Å². The zero-order valence-electron chi connectivity index (χ0n) is 11.5. The number of nitrogens with one attached hydrogen (secondary N) is 2. The van der Waals surface area contributed by atoms with Crippen molar-refractivity contribution in [1.82, 2.24) is 9.97 Å². The number of hydrogen-bond acceptors (Lipinski definition) is 3. The molecule has 1 aromatic heterocycles. The van der Waals surface area contributed by atoms with Gasteiger partial charge in [0.25, 0.3) is 0 Å². The Morgan fingerprint density at radius 3 is 2.79 bits per heavy atom. The van der Waals surface area contributed by atoms with Gasteiger partial charge in [-0.05, 0) is 24.1 Å². The summed E-state index contributed by atoms with van der Waals surface area (Å²) in [6.07, 6.45) is 0. The first kappa shape index (κ1) is 13.5. The maximum absolute atomic E-state index is 12.0. The topological polar surface area (TPSA) is 83.8 Å². The van der Waals surface area contributed by atoms with Gasteiger partial charge >= 0.3 is 0 Å². The van der Waals surface area contributed by atoms with Gasteiger partial charge in [0, 0.05) is 11.6 Å².